The number of hydrogen-bond donors (Lipinski definition) is 1. The first-order chi connectivity index (χ1) is 10.7. The molecule has 5 heteroatoms. The van der Waals surface area contributed by atoms with Crippen LogP contribution in [0, 0.1) is 11.7 Å². The lowest BCUT2D eigenvalue weighted by Gasteiger charge is -2.44. The molecule has 2 aliphatic rings. The second-order valence-corrected chi connectivity index (χ2v) is 7.21. The van der Waals surface area contributed by atoms with E-state index in [9.17, 15) is 9.18 Å². The number of rotatable bonds is 4. The number of nitrogens with zero attached hydrogens (tertiary/aromatic N) is 1. The van der Waals surface area contributed by atoms with Crippen LogP contribution in [0.5, 0.6) is 0 Å². The number of benzene rings is 1. The number of carbonyl (C=O) groups excluding carboxylic acids is 1. The minimum Gasteiger partial charge on any atom is -0.386 e. The lowest BCUT2D eigenvalue weighted by molar-refractivity contribution is -0.119. The molecule has 0 saturated heterocycles. The van der Waals surface area contributed by atoms with Crippen molar-refractivity contribution >= 4 is 11.6 Å². The number of ether oxygens (including phenoxy) is 1. The number of halogens is 1. The van der Waals surface area contributed by atoms with Crippen LogP contribution in [-0.4, -0.2) is 23.8 Å². The minimum absolute atomic E-state index is 0.196. The molecule has 1 fully saturated rings. The molecule has 0 unspecified atom stereocenters. The van der Waals surface area contributed by atoms with E-state index < -0.39 is 11.1 Å². The van der Waals surface area contributed by atoms with Crippen LogP contribution >= 0.6 is 0 Å². The summed E-state index contributed by atoms with van der Waals surface area (Å²) in [7, 11) is 0. The number of hydrogen-bond acceptors (Lipinski definition) is 4. The third-order valence-electron chi connectivity index (χ3n) is 5.09. The quantitative estimate of drug-likeness (QED) is 0.928. The summed E-state index contributed by atoms with van der Waals surface area (Å²) >= 11 is 0. The highest BCUT2D eigenvalue weighted by atomic mass is 19.1. The number of aliphatic imine (C=N–C) groups is 1. The molecule has 0 amide bonds. The molecule has 0 radical (unpaired) electrons. The Morgan fingerprint density at radius 1 is 1.39 bits per heavy atom. The van der Waals surface area contributed by atoms with Crippen molar-refractivity contribution in [1.82, 2.24) is 0 Å². The van der Waals surface area contributed by atoms with Crippen LogP contribution in [0.2, 0.25) is 0 Å². The lowest BCUT2D eigenvalue weighted by Crippen LogP contribution is -2.52. The van der Waals surface area contributed by atoms with Crippen molar-refractivity contribution in [2.75, 3.05) is 6.61 Å². The van der Waals surface area contributed by atoms with E-state index in [1.54, 1.807) is 12.1 Å². The highest BCUT2D eigenvalue weighted by Gasteiger charge is 2.47. The Labute approximate surface area is 135 Å². The molecule has 1 saturated carbocycles. The highest BCUT2D eigenvalue weighted by molar-refractivity contribution is 5.85. The molecule has 1 atom stereocenters. The van der Waals surface area contributed by atoms with E-state index in [0.29, 0.717) is 17.8 Å². The Bertz CT molecular complexity index is 680. The average molecular weight is 318 g/mol. The minimum atomic E-state index is -0.932. The molecule has 0 aromatic heterocycles. The van der Waals surface area contributed by atoms with Gasteiger partial charge in [-0.25, -0.2) is 4.39 Å². The first kappa shape index (κ1) is 16.1. The van der Waals surface area contributed by atoms with Crippen LogP contribution in [0.1, 0.15) is 44.7 Å². The SMILES string of the molecule is CC1(C)OCC(N)=N[C@]1(C)c1cc(CC(=O)C2CC2)ccc1F. The maximum atomic E-state index is 14.5. The summed E-state index contributed by atoms with van der Waals surface area (Å²) in [5.74, 6) is 0.424. The van der Waals surface area contributed by atoms with Gasteiger partial charge in [-0.2, -0.15) is 0 Å². The first-order valence-electron chi connectivity index (χ1n) is 8.03. The van der Waals surface area contributed by atoms with E-state index in [0.717, 1.165) is 18.4 Å². The molecule has 1 aliphatic heterocycles. The van der Waals surface area contributed by atoms with Gasteiger partial charge in [0.1, 0.15) is 29.6 Å². The lowest BCUT2D eigenvalue weighted by atomic mass is 9.76. The average Bonchev–Trinajstić information content (AvgIpc) is 3.30. The molecule has 0 spiro atoms. The summed E-state index contributed by atoms with van der Waals surface area (Å²) in [5.41, 5.74) is 5.44. The third-order valence-corrected chi connectivity index (χ3v) is 5.09. The van der Waals surface area contributed by atoms with Gasteiger partial charge in [0, 0.05) is 17.9 Å². The number of Topliss-reactive ketones (excluding diaryl/α,β-unsaturated/α-hetero) is 1. The number of amidine groups is 1. The Hall–Kier alpha value is -1.75. The summed E-state index contributed by atoms with van der Waals surface area (Å²) in [6, 6.07) is 4.82. The molecule has 1 aromatic rings. The van der Waals surface area contributed by atoms with Crippen LogP contribution in [0.4, 0.5) is 4.39 Å². The number of carbonyl (C=O) groups is 1. The van der Waals surface area contributed by atoms with Crippen molar-refractivity contribution in [3.05, 3.63) is 35.1 Å². The first-order valence-corrected chi connectivity index (χ1v) is 8.03. The van der Waals surface area contributed by atoms with Gasteiger partial charge in [-0.3, -0.25) is 9.79 Å². The van der Waals surface area contributed by atoms with Gasteiger partial charge in [-0.15, -0.1) is 0 Å². The Balaban J connectivity index is 2.00. The predicted octanol–water partition coefficient (Wildman–Crippen LogP) is 2.73. The van der Waals surface area contributed by atoms with Gasteiger partial charge in [0.15, 0.2) is 0 Å². The molecule has 1 aliphatic carbocycles. The van der Waals surface area contributed by atoms with E-state index >= 15 is 0 Å². The maximum absolute atomic E-state index is 14.5. The molecule has 4 nitrogen and oxygen atoms in total. The zero-order chi connectivity index (χ0) is 16.8. The number of nitrogens with two attached hydrogens (primary N) is 1. The fraction of sp³-hybridized carbons (Fsp3) is 0.556. The van der Waals surface area contributed by atoms with E-state index in [1.807, 2.05) is 20.8 Å². The summed E-state index contributed by atoms with van der Waals surface area (Å²) in [6.07, 6.45) is 2.30. The largest absolute Gasteiger partial charge is 0.386 e. The van der Waals surface area contributed by atoms with Gasteiger partial charge in [0.25, 0.3) is 0 Å². The van der Waals surface area contributed by atoms with Crippen LogP contribution < -0.4 is 5.73 Å². The molecule has 2 N–H and O–H groups in total. The zero-order valence-corrected chi connectivity index (χ0v) is 13.9. The van der Waals surface area contributed by atoms with Gasteiger partial charge in [0.05, 0.1) is 5.60 Å². The molecule has 1 heterocycles. The topological polar surface area (TPSA) is 64.7 Å². The van der Waals surface area contributed by atoms with E-state index in [2.05, 4.69) is 4.99 Å². The van der Waals surface area contributed by atoms with Gasteiger partial charge < -0.3 is 10.5 Å². The molecular weight excluding hydrogens is 295 g/mol. The van der Waals surface area contributed by atoms with Crippen molar-refractivity contribution in [2.45, 2.75) is 51.2 Å². The molecule has 124 valence electrons. The monoisotopic (exact) mass is 318 g/mol. The second-order valence-electron chi connectivity index (χ2n) is 7.21. The van der Waals surface area contributed by atoms with Gasteiger partial charge in [-0.05, 0) is 51.3 Å². The maximum Gasteiger partial charge on any atom is 0.140 e. The van der Waals surface area contributed by atoms with Crippen molar-refractivity contribution in [2.24, 2.45) is 16.6 Å². The molecule has 1 aromatic carbocycles. The van der Waals surface area contributed by atoms with Crippen LogP contribution in [0.3, 0.4) is 0 Å². The summed E-state index contributed by atoms with van der Waals surface area (Å²) < 4.78 is 20.3. The van der Waals surface area contributed by atoms with Crippen molar-refractivity contribution < 1.29 is 13.9 Å². The highest BCUT2D eigenvalue weighted by Crippen LogP contribution is 2.42. The van der Waals surface area contributed by atoms with Crippen molar-refractivity contribution in [3.8, 4) is 0 Å². The fourth-order valence-electron chi connectivity index (χ4n) is 3.04. The van der Waals surface area contributed by atoms with Gasteiger partial charge in [-0.1, -0.05) is 6.07 Å². The van der Waals surface area contributed by atoms with Crippen molar-refractivity contribution in [1.29, 1.82) is 0 Å². The Kier molecular flexibility index (Phi) is 3.79. The second kappa shape index (κ2) is 5.41. The summed E-state index contributed by atoms with van der Waals surface area (Å²) in [5, 5.41) is 0. The van der Waals surface area contributed by atoms with Gasteiger partial charge in [0.2, 0.25) is 0 Å². The number of ketones is 1. The molecule has 0 bridgehead atoms. The molecular formula is C18H23FN2O2. The van der Waals surface area contributed by atoms with Crippen molar-refractivity contribution in [3.63, 3.8) is 0 Å². The van der Waals surface area contributed by atoms with Crippen LogP contribution in [-0.2, 0) is 21.5 Å². The van der Waals surface area contributed by atoms with Crippen LogP contribution in [0.15, 0.2) is 23.2 Å². The Morgan fingerprint density at radius 2 is 2.09 bits per heavy atom. The summed E-state index contributed by atoms with van der Waals surface area (Å²) in [4.78, 5) is 16.6. The van der Waals surface area contributed by atoms with Crippen LogP contribution in [0.25, 0.3) is 0 Å². The fourth-order valence-corrected chi connectivity index (χ4v) is 3.04. The normalized spacial score (nSPS) is 26.7. The Morgan fingerprint density at radius 3 is 2.74 bits per heavy atom. The third kappa shape index (κ3) is 2.90. The standard InChI is InChI=1S/C18H23FN2O2/c1-17(2)18(3,21-16(20)10-23-17)13-8-11(4-7-14(13)19)9-15(22)12-5-6-12/h4,7-8,12H,5-6,9-10H2,1-3H3,(H2,20,21)/t18-/m1/s1. The smallest absolute Gasteiger partial charge is 0.140 e. The van der Waals surface area contributed by atoms with E-state index in [1.165, 1.54) is 6.07 Å². The zero-order valence-electron chi connectivity index (χ0n) is 13.9. The van der Waals surface area contributed by atoms with Gasteiger partial charge >= 0.3 is 0 Å². The summed E-state index contributed by atoms with van der Waals surface area (Å²) in [6.45, 7) is 5.82. The molecule has 3 rings (SSSR count). The molecule has 23 heavy (non-hydrogen) atoms. The van der Waals surface area contributed by atoms with E-state index in [-0.39, 0.29) is 24.1 Å². The van der Waals surface area contributed by atoms with E-state index in [4.69, 9.17) is 10.5 Å². The predicted molar refractivity (Wildman–Crippen MR) is 86.8 cm³/mol.